The van der Waals surface area contributed by atoms with Crippen molar-refractivity contribution in [1.82, 2.24) is 39.2 Å². The first-order valence-electron chi connectivity index (χ1n) is 20.4. The summed E-state index contributed by atoms with van der Waals surface area (Å²) >= 11 is 0. The topological polar surface area (TPSA) is 145 Å². The zero-order chi connectivity index (χ0) is 44.7. The number of aromatic nitrogens is 8. The van der Waals surface area contributed by atoms with Crippen molar-refractivity contribution >= 4 is 41.2 Å². The lowest BCUT2D eigenvalue weighted by atomic mass is 10.1. The smallest absolute Gasteiger partial charge is 0.416 e. The summed E-state index contributed by atoms with van der Waals surface area (Å²) < 4.78 is 14.8. The standard InChI is InChI=1S/C25H25N5O2.C24H25N5O2/c1-5-19-16-27-30-22(14-21(28-23(19)30)20-11-7-6-8-12-20)29(24(31)32-25(2,3)4)17-18-10-9-13-26-15-18;1-17-14-26-29-21(13-20(27-22(17)29)19-10-6-5-7-11-19)28(23(30)31-24(2,3)4)16-18-9-8-12-25-15-18/h5-16H,1,17H2,2-4H3;5-15H,16H2,1-4H3. The number of carbonyl (C=O) groups is 2. The molecule has 6 heterocycles. The van der Waals surface area contributed by atoms with Gasteiger partial charge in [-0.05, 0) is 71.7 Å². The van der Waals surface area contributed by atoms with E-state index >= 15 is 0 Å². The molecule has 0 saturated heterocycles. The minimum atomic E-state index is -0.658. The summed E-state index contributed by atoms with van der Waals surface area (Å²) in [7, 11) is 0. The number of pyridine rings is 2. The maximum absolute atomic E-state index is 13.3. The summed E-state index contributed by atoms with van der Waals surface area (Å²) in [5, 5.41) is 8.97. The molecule has 0 aliphatic carbocycles. The van der Waals surface area contributed by atoms with Gasteiger partial charge in [0.1, 0.15) is 22.8 Å². The molecule has 0 fully saturated rings. The second kappa shape index (κ2) is 18.5. The molecule has 320 valence electrons. The number of hydrogen-bond acceptors (Lipinski definition) is 10. The molecule has 0 aliphatic heterocycles. The van der Waals surface area contributed by atoms with E-state index < -0.39 is 23.4 Å². The van der Waals surface area contributed by atoms with Crippen LogP contribution in [0.3, 0.4) is 0 Å². The van der Waals surface area contributed by atoms with E-state index in [0.717, 1.165) is 44.8 Å². The Bertz CT molecular complexity index is 2830. The molecular formula is C49H50N10O4. The van der Waals surface area contributed by atoms with E-state index in [1.807, 2.05) is 146 Å². The lowest BCUT2D eigenvalue weighted by Crippen LogP contribution is -2.37. The number of anilines is 2. The van der Waals surface area contributed by atoms with E-state index in [-0.39, 0.29) is 13.1 Å². The number of rotatable bonds is 9. The fourth-order valence-electron chi connectivity index (χ4n) is 6.52. The highest BCUT2D eigenvalue weighted by atomic mass is 16.6. The number of fused-ring (bicyclic) bond motifs is 2. The van der Waals surface area contributed by atoms with Crippen molar-refractivity contribution < 1.29 is 19.1 Å². The van der Waals surface area contributed by atoms with Crippen LogP contribution < -0.4 is 9.80 Å². The molecule has 8 rings (SSSR count). The molecular weight excluding hydrogens is 793 g/mol. The van der Waals surface area contributed by atoms with Gasteiger partial charge in [-0.25, -0.2) is 19.6 Å². The van der Waals surface area contributed by atoms with E-state index in [1.165, 1.54) is 0 Å². The molecule has 2 aromatic carbocycles. The number of benzene rings is 2. The summed E-state index contributed by atoms with van der Waals surface area (Å²) in [6.07, 6.45) is 11.1. The van der Waals surface area contributed by atoms with E-state index in [9.17, 15) is 9.59 Å². The highest BCUT2D eigenvalue weighted by Gasteiger charge is 2.29. The van der Waals surface area contributed by atoms with Gasteiger partial charge in [0.2, 0.25) is 0 Å². The summed E-state index contributed by atoms with van der Waals surface area (Å²) in [5.41, 5.74) is 6.79. The molecule has 2 amide bonds. The largest absolute Gasteiger partial charge is 0.443 e. The maximum atomic E-state index is 13.3. The SMILES string of the molecule is C=Cc1cnn2c(N(Cc3cccnc3)C(=O)OC(C)(C)C)cc(-c3ccccc3)nc12.Cc1cnn2c(N(Cc3cccnc3)C(=O)OC(C)(C)C)cc(-c3ccccc3)nc12. The summed E-state index contributed by atoms with van der Waals surface area (Å²) in [4.78, 5) is 47.7. The van der Waals surface area contributed by atoms with Gasteiger partial charge in [0.15, 0.2) is 11.3 Å². The highest BCUT2D eigenvalue weighted by Crippen LogP contribution is 2.30. The normalized spacial score (nSPS) is 11.4. The van der Waals surface area contributed by atoms with Crippen LogP contribution in [0.1, 0.15) is 63.8 Å². The second-order valence-electron chi connectivity index (χ2n) is 16.7. The van der Waals surface area contributed by atoms with Crippen molar-refractivity contribution in [1.29, 1.82) is 0 Å². The molecule has 0 aliphatic rings. The number of amides is 2. The Morgan fingerprint density at radius 3 is 1.49 bits per heavy atom. The third kappa shape index (κ3) is 10.6. The lowest BCUT2D eigenvalue weighted by molar-refractivity contribution is 0.0564. The zero-order valence-electron chi connectivity index (χ0n) is 36.5. The Balaban J connectivity index is 0.000000189. The molecule has 14 heteroatoms. The molecule has 0 N–H and O–H groups in total. The molecule has 0 atom stereocenters. The third-order valence-corrected chi connectivity index (χ3v) is 9.38. The number of nitrogens with zero attached hydrogens (tertiary/aromatic N) is 10. The minimum Gasteiger partial charge on any atom is -0.443 e. The van der Waals surface area contributed by atoms with Crippen LogP contribution in [0.5, 0.6) is 0 Å². The van der Waals surface area contributed by atoms with Gasteiger partial charge in [-0.1, -0.05) is 85.5 Å². The van der Waals surface area contributed by atoms with Gasteiger partial charge in [0, 0.05) is 59.2 Å². The molecule has 0 spiro atoms. The van der Waals surface area contributed by atoms with Crippen molar-refractivity contribution in [2.24, 2.45) is 0 Å². The van der Waals surface area contributed by atoms with Crippen molar-refractivity contribution in [2.45, 2.75) is 72.8 Å². The van der Waals surface area contributed by atoms with Gasteiger partial charge in [-0.3, -0.25) is 19.8 Å². The molecule has 6 aromatic heterocycles. The highest BCUT2D eigenvalue weighted by molar-refractivity contribution is 5.89. The monoisotopic (exact) mass is 842 g/mol. The van der Waals surface area contributed by atoms with Crippen LogP contribution in [0.25, 0.3) is 39.9 Å². The zero-order valence-corrected chi connectivity index (χ0v) is 36.5. The Morgan fingerprint density at radius 1 is 0.619 bits per heavy atom. The fraction of sp³-hybridized carbons (Fsp3) is 0.224. The predicted molar refractivity (Wildman–Crippen MR) is 245 cm³/mol. The molecule has 63 heavy (non-hydrogen) atoms. The average Bonchev–Trinajstić information content (AvgIpc) is 3.87. The summed E-state index contributed by atoms with van der Waals surface area (Å²) in [6, 6.07) is 30.9. The quantitative estimate of drug-likeness (QED) is 0.138. The van der Waals surface area contributed by atoms with Gasteiger partial charge < -0.3 is 9.47 Å². The van der Waals surface area contributed by atoms with Crippen molar-refractivity contribution in [3.05, 3.63) is 163 Å². The van der Waals surface area contributed by atoms with E-state index in [2.05, 4.69) is 26.7 Å². The Morgan fingerprint density at radius 2 is 1.06 bits per heavy atom. The van der Waals surface area contributed by atoms with Gasteiger partial charge >= 0.3 is 12.2 Å². The predicted octanol–water partition coefficient (Wildman–Crippen LogP) is 10.4. The molecule has 8 aromatic rings. The van der Waals surface area contributed by atoms with E-state index in [1.54, 1.807) is 62.1 Å². The molecule has 0 saturated carbocycles. The fourth-order valence-corrected chi connectivity index (χ4v) is 6.52. The van der Waals surface area contributed by atoms with Gasteiger partial charge in [-0.2, -0.15) is 19.2 Å². The number of ether oxygens (including phenoxy) is 2. The first-order valence-corrected chi connectivity index (χ1v) is 20.4. The lowest BCUT2D eigenvalue weighted by Gasteiger charge is -2.28. The first kappa shape index (κ1) is 43.4. The van der Waals surface area contributed by atoms with Crippen LogP contribution in [0.2, 0.25) is 0 Å². The summed E-state index contributed by atoms with van der Waals surface area (Å²) in [5.74, 6) is 1.12. The summed E-state index contributed by atoms with van der Waals surface area (Å²) in [6.45, 7) is 17.5. The third-order valence-electron chi connectivity index (χ3n) is 9.38. The van der Waals surface area contributed by atoms with Crippen molar-refractivity contribution in [3.63, 3.8) is 0 Å². The molecule has 0 unspecified atom stereocenters. The number of aryl methyl sites for hydroxylation is 1. The van der Waals surface area contributed by atoms with Crippen LogP contribution in [0.15, 0.2) is 141 Å². The van der Waals surface area contributed by atoms with Gasteiger partial charge in [-0.15, -0.1) is 0 Å². The minimum absolute atomic E-state index is 0.263. The van der Waals surface area contributed by atoms with Crippen LogP contribution in [-0.4, -0.2) is 62.6 Å². The van der Waals surface area contributed by atoms with Crippen LogP contribution >= 0.6 is 0 Å². The maximum Gasteiger partial charge on any atom is 0.416 e. The van der Waals surface area contributed by atoms with Crippen LogP contribution in [-0.2, 0) is 22.6 Å². The van der Waals surface area contributed by atoms with Crippen LogP contribution in [0.4, 0.5) is 21.2 Å². The Kier molecular flexibility index (Phi) is 12.7. The Labute approximate surface area is 366 Å². The van der Waals surface area contributed by atoms with Crippen LogP contribution in [0, 0.1) is 6.92 Å². The molecule has 14 nitrogen and oxygen atoms in total. The van der Waals surface area contributed by atoms with Gasteiger partial charge in [0.05, 0.1) is 36.9 Å². The Hall–Kier alpha value is -7.74. The molecule has 0 bridgehead atoms. The van der Waals surface area contributed by atoms with E-state index in [0.29, 0.717) is 22.9 Å². The number of hydrogen-bond donors (Lipinski definition) is 0. The van der Waals surface area contributed by atoms with E-state index in [4.69, 9.17) is 19.4 Å². The average molecular weight is 843 g/mol. The van der Waals surface area contributed by atoms with Crippen molar-refractivity contribution in [3.8, 4) is 22.5 Å². The molecule has 0 radical (unpaired) electrons. The first-order chi connectivity index (χ1) is 30.2. The second-order valence-corrected chi connectivity index (χ2v) is 16.7. The van der Waals surface area contributed by atoms with Crippen molar-refractivity contribution in [2.75, 3.05) is 9.80 Å². The number of carbonyl (C=O) groups excluding carboxylic acids is 2. The van der Waals surface area contributed by atoms with Gasteiger partial charge in [0.25, 0.3) is 0 Å².